The van der Waals surface area contributed by atoms with Crippen LogP contribution in [0.15, 0.2) is 73.2 Å². The highest BCUT2D eigenvalue weighted by molar-refractivity contribution is 5.84. The van der Waals surface area contributed by atoms with Crippen LogP contribution < -0.4 is 4.74 Å². The molecule has 0 aliphatic heterocycles. The van der Waals surface area contributed by atoms with Crippen molar-refractivity contribution in [3.8, 4) is 23.3 Å². The van der Waals surface area contributed by atoms with Crippen molar-refractivity contribution in [1.82, 2.24) is 19.5 Å². The Balaban J connectivity index is 1.51. The molecule has 7 heteroatoms. The quantitative estimate of drug-likeness (QED) is 0.501. The monoisotopic (exact) mass is 372 g/mol. The molecule has 5 rings (SSSR count). The Kier molecular flexibility index (Phi) is 3.65. The van der Waals surface area contributed by atoms with E-state index in [4.69, 9.17) is 4.74 Å². The zero-order chi connectivity index (χ0) is 19.1. The van der Waals surface area contributed by atoms with Crippen LogP contribution in [0.25, 0.3) is 27.5 Å². The van der Waals surface area contributed by atoms with Gasteiger partial charge in [-0.25, -0.2) is 4.39 Å². The number of benzene rings is 2. The Morgan fingerprint density at radius 2 is 1.93 bits per heavy atom. The summed E-state index contributed by atoms with van der Waals surface area (Å²) in [5.74, 6) is 0.0647. The number of pyridine rings is 1. The smallest absolute Gasteiger partial charge is 0.325 e. The topological polar surface area (TPSA) is 73.1 Å². The predicted molar refractivity (Wildman–Crippen MR) is 102 cm³/mol. The first-order valence-electron chi connectivity index (χ1n) is 8.53. The van der Waals surface area contributed by atoms with Gasteiger partial charge in [0.25, 0.3) is 0 Å². The Hall–Kier alpha value is -4.00. The molecule has 0 spiro atoms. The summed E-state index contributed by atoms with van der Waals surface area (Å²) in [5, 5.41) is 11.5. The average Bonchev–Trinajstić information content (AvgIpc) is 3.11. The normalized spacial score (nSPS) is 11.2. The van der Waals surface area contributed by atoms with E-state index in [1.165, 1.54) is 18.3 Å². The van der Waals surface area contributed by atoms with Crippen molar-refractivity contribution in [2.24, 2.45) is 0 Å². The van der Waals surface area contributed by atoms with Gasteiger partial charge in [-0.05, 0) is 48.5 Å². The zero-order valence-electron chi connectivity index (χ0n) is 14.5. The summed E-state index contributed by atoms with van der Waals surface area (Å²) in [5.41, 5.74) is 2.13. The molecule has 136 valence electrons. The number of hydrogen-bond donors (Lipinski definition) is 1. The molecule has 0 unspecified atom stereocenters. The van der Waals surface area contributed by atoms with Gasteiger partial charge in [0.2, 0.25) is 5.88 Å². The fraction of sp³-hybridized carbons (Fsp3) is 0. The number of rotatable bonds is 3. The largest absolute Gasteiger partial charge is 0.493 e. The third kappa shape index (κ3) is 2.79. The molecular weight excluding hydrogens is 359 g/mol. The van der Waals surface area contributed by atoms with Crippen molar-refractivity contribution in [3.05, 3.63) is 79.0 Å². The van der Waals surface area contributed by atoms with E-state index >= 15 is 0 Å². The van der Waals surface area contributed by atoms with E-state index in [0.29, 0.717) is 16.7 Å². The van der Waals surface area contributed by atoms with Gasteiger partial charge in [-0.1, -0.05) is 6.07 Å². The molecule has 1 N–H and O–H groups in total. The Morgan fingerprint density at radius 1 is 1.00 bits per heavy atom. The van der Waals surface area contributed by atoms with Gasteiger partial charge in [-0.15, -0.1) is 0 Å². The molecule has 0 saturated carbocycles. The molecule has 3 heterocycles. The second-order valence-corrected chi connectivity index (χ2v) is 6.21. The summed E-state index contributed by atoms with van der Waals surface area (Å²) in [6, 6.07) is 15.5. The van der Waals surface area contributed by atoms with E-state index in [9.17, 15) is 9.50 Å². The third-order valence-electron chi connectivity index (χ3n) is 4.42. The maximum Gasteiger partial charge on any atom is 0.325 e. The standard InChI is InChI=1S/C21H13FN4O2/c22-14-2-1-3-15(11-14)26-9-7-13-10-16(4-5-19(13)26)28-21-24-18-12-23-8-6-17(18)20(27)25-21/h1-12H,(H,24,25,27). The minimum absolute atomic E-state index is 0.0295. The molecule has 0 bridgehead atoms. The molecule has 5 aromatic rings. The number of aromatic hydroxyl groups is 1. The van der Waals surface area contributed by atoms with E-state index in [2.05, 4.69) is 15.0 Å². The molecule has 0 atom stereocenters. The molecule has 0 saturated heterocycles. The van der Waals surface area contributed by atoms with Crippen LogP contribution >= 0.6 is 0 Å². The number of nitrogens with zero attached hydrogens (tertiary/aromatic N) is 4. The van der Waals surface area contributed by atoms with Crippen molar-refractivity contribution in [2.45, 2.75) is 0 Å². The van der Waals surface area contributed by atoms with Crippen molar-refractivity contribution in [2.75, 3.05) is 0 Å². The van der Waals surface area contributed by atoms with Gasteiger partial charge in [0.1, 0.15) is 11.6 Å². The van der Waals surface area contributed by atoms with E-state index < -0.39 is 0 Å². The molecule has 3 aromatic heterocycles. The maximum atomic E-state index is 13.5. The lowest BCUT2D eigenvalue weighted by atomic mass is 10.2. The first-order chi connectivity index (χ1) is 13.7. The van der Waals surface area contributed by atoms with Crippen molar-refractivity contribution in [3.63, 3.8) is 0 Å². The molecule has 6 nitrogen and oxygen atoms in total. The van der Waals surface area contributed by atoms with Gasteiger partial charge >= 0.3 is 6.01 Å². The first kappa shape index (κ1) is 16.2. The summed E-state index contributed by atoms with van der Waals surface area (Å²) in [6.45, 7) is 0. The second kappa shape index (κ2) is 6.31. The Bertz CT molecular complexity index is 1330. The van der Waals surface area contributed by atoms with Gasteiger partial charge in [0.05, 0.1) is 22.6 Å². The van der Waals surface area contributed by atoms with Gasteiger partial charge in [0.15, 0.2) is 0 Å². The van der Waals surface area contributed by atoms with Crippen LogP contribution in [-0.2, 0) is 0 Å². The van der Waals surface area contributed by atoms with Gasteiger partial charge in [-0.3, -0.25) is 4.98 Å². The summed E-state index contributed by atoms with van der Waals surface area (Å²) in [7, 11) is 0. The summed E-state index contributed by atoms with van der Waals surface area (Å²) >= 11 is 0. The van der Waals surface area contributed by atoms with E-state index in [1.54, 1.807) is 24.4 Å². The van der Waals surface area contributed by atoms with Crippen LogP contribution in [0.3, 0.4) is 0 Å². The molecular formula is C21H13FN4O2. The number of fused-ring (bicyclic) bond motifs is 2. The van der Waals surface area contributed by atoms with Gasteiger partial charge in [-0.2, -0.15) is 9.97 Å². The Morgan fingerprint density at radius 3 is 2.82 bits per heavy atom. The van der Waals surface area contributed by atoms with Crippen LogP contribution in [0.5, 0.6) is 17.6 Å². The van der Waals surface area contributed by atoms with Gasteiger partial charge in [0, 0.05) is 23.5 Å². The van der Waals surface area contributed by atoms with E-state index in [1.807, 2.05) is 35.0 Å². The molecule has 2 aromatic carbocycles. The van der Waals surface area contributed by atoms with E-state index in [-0.39, 0.29) is 17.7 Å². The highest BCUT2D eigenvalue weighted by Gasteiger charge is 2.10. The number of aromatic nitrogens is 4. The van der Waals surface area contributed by atoms with Crippen molar-refractivity contribution >= 4 is 21.8 Å². The number of halogens is 1. The highest BCUT2D eigenvalue weighted by Crippen LogP contribution is 2.29. The van der Waals surface area contributed by atoms with Crippen LogP contribution in [-0.4, -0.2) is 24.6 Å². The third-order valence-corrected chi connectivity index (χ3v) is 4.42. The highest BCUT2D eigenvalue weighted by atomic mass is 19.1. The number of hydrogen-bond acceptors (Lipinski definition) is 5. The van der Waals surface area contributed by atoms with Crippen molar-refractivity contribution in [1.29, 1.82) is 0 Å². The van der Waals surface area contributed by atoms with E-state index in [0.717, 1.165) is 16.6 Å². The molecule has 0 radical (unpaired) electrons. The summed E-state index contributed by atoms with van der Waals surface area (Å²) in [4.78, 5) is 12.3. The van der Waals surface area contributed by atoms with Crippen LogP contribution in [0, 0.1) is 5.82 Å². The zero-order valence-corrected chi connectivity index (χ0v) is 14.5. The van der Waals surface area contributed by atoms with Crippen LogP contribution in [0.2, 0.25) is 0 Å². The molecule has 28 heavy (non-hydrogen) atoms. The minimum Gasteiger partial charge on any atom is -0.493 e. The maximum absolute atomic E-state index is 13.5. The summed E-state index contributed by atoms with van der Waals surface area (Å²) in [6.07, 6.45) is 4.96. The number of ether oxygens (including phenoxy) is 1. The lowest BCUT2D eigenvalue weighted by molar-refractivity contribution is 0.412. The lowest BCUT2D eigenvalue weighted by Gasteiger charge is -2.08. The fourth-order valence-electron chi connectivity index (χ4n) is 3.13. The average molecular weight is 372 g/mol. The fourth-order valence-corrected chi connectivity index (χ4v) is 3.13. The van der Waals surface area contributed by atoms with Crippen LogP contribution in [0.1, 0.15) is 0 Å². The summed E-state index contributed by atoms with van der Waals surface area (Å²) < 4.78 is 21.2. The molecule has 0 aliphatic carbocycles. The predicted octanol–water partition coefficient (Wildman–Crippen LogP) is 4.61. The van der Waals surface area contributed by atoms with Crippen LogP contribution in [0.4, 0.5) is 4.39 Å². The first-order valence-corrected chi connectivity index (χ1v) is 8.53. The minimum atomic E-state index is -0.290. The lowest BCUT2D eigenvalue weighted by Crippen LogP contribution is -1.94. The van der Waals surface area contributed by atoms with Crippen molar-refractivity contribution < 1.29 is 14.2 Å². The Labute approximate surface area is 158 Å². The molecule has 0 fully saturated rings. The molecule has 0 amide bonds. The SMILES string of the molecule is Oc1nc(Oc2ccc3c(ccn3-c3cccc(F)c3)c2)nc2cnccc12. The van der Waals surface area contributed by atoms with Gasteiger partial charge < -0.3 is 14.4 Å². The second-order valence-electron chi connectivity index (χ2n) is 6.21. The molecule has 0 aliphatic rings.